The topological polar surface area (TPSA) is 38.3 Å². The zero-order chi connectivity index (χ0) is 15.6. The zero-order valence-corrected chi connectivity index (χ0v) is 13.4. The molecule has 120 valence electrons. The van der Waals surface area contributed by atoms with Crippen molar-refractivity contribution in [1.29, 1.82) is 0 Å². The van der Waals surface area contributed by atoms with Crippen LogP contribution in [0.15, 0.2) is 0 Å². The monoisotopic (exact) mass is 314 g/mol. The van der Waals surface area contributed by atoms with Gasteiger partial charge in [0, 0.05) is 11.4 Å². The summed E-state index contributed by atoms with van der Waals surface area (Å²) in [6, 6.07) is 0.0584. The normalized spacial score (nSPS) is 22.8. The molecule has 0 aromatic heterocycles. The molecule has 7 heteroatoms. The molecule has 1 heterocycles. The molecule has 2 atom stereocenters. The van der Waals surface area contributed by atoms with E-state index < -0.39 is 24.1 Å². The Morgan fingerprint density at radius 2 is 1.75 bits per heavy atom. The van der Waals surface area contributed by atoms with E-state index in [1.54, 1.807) is 0 Å². The quantitative estimate of drug-likeness (QED) is 0.811. The first kappa shape index (κ1) is 18.1. The summed E-state index contributed by atoms with van der Waals surface area (Å²) in [4.78, 5) is 1.45. The molecule has 1 fully saturated rings. The Bertz CT molecular complexity index is 299. The van der Waals surface area contributed by atoms with Crippen LogP contribution in [-0.4, -0.2) is 46.1 Å². The Morgan fingerprint density at radius 3 is 2.15 bits per heavy atom. The van der Waals surface area contributed by atoms with E-state index in [0.29, 0.717) is 25.9 Å². The first-order valence-corrected chi connectivity index (χ1v) is 8.11. The van der Waals surface area contributed by atoms with Crippen LogP contribution in [0, 0.1) is 5.92 Å². The molecular formula is C13H25F3N2OS. The fourth-order valence-electron chi connectivity index (χ4n) is 2.31. The van der Waals surface area contributed by atoms with Gasteiger partial charge < -0.3 is 4.55 Å². The molecule has 1 saturated heterocycles. The first-order valence-electron chi connectivity index (χ1n) is 6.96. The van der Waals surface area contributed by atoms with Crippen molar-refractivity contribution in [2.75, 3.05) is 19.6 Å². The predicted molar refractivity (Wildman–Crippen MR) is 75.7 cm³/mol. The van der Waals surface area contributed by atoms with E-state index in [4.69, 9.17) is 0 Å². The lowest BCUT2D eigenvalue weighted by Gasteiger charge is -2.36. The third-order valence-corrected chi connectivity index (χ3v) is 5.29. The van der Waals surface area contributed by atoms with Crippen LogP contribution < -0.4 is 4.72 Å². The van der Waals surface area contributed by atoms with Crippen LogP contribution in [0.1, 0.15) is 40.5 Å². The number of nitrogens with one attached hydrogen (secondary N) is 1. The summed E-state index contributed by atoms with van der Waals surface area (Å²) in [5.74, 6) is 0.283. The van der Waals surface area contributed by atoms with Gasteiger partial charge in [-0.3, -0.25) is 4.90 Å². The molecule has 1 aliphatic rings. The number of nitrogens with zero attached hydrogens (tertiary/aromatic N) is 1. The van der Waals surface area contributed by atoms with Crippen molar-refractivity contribution in [1.82, 2.24) is 9.62 Å². The van der Waals surface area contributed by atoms with Gasteiger partial charge in [0.2, 0.25) is 0 Å². The van der Waals surface area contributed by atoms with Crippen LogP contribution in [0.25, 0.3) is 0 Å². The molecule has 0 saturated carbocycles. The van der Waals surface area contributed by atoms with Gasteiger partial charge in [0.25, 0.3) is 0 Å². The van der Waals surface area contributed by atoms with Crippen molar-refractivity contribution in [3.8, 4) is 0 Å². The number of hydrogen-bond acceptors (Lipinski definition) is 3. The third-order valence-electron chi connectivity index (χ3n) is 3.59. The van der Waals surface area contributed by atoms with Gasteiger partial charge in [0.05, 0.1) is 12.6 Å². The van der Waals surface area contributed by atoms with Crippen LogP contribution in [0.2, 0.25) is 0 Å². The number of rotatable bonds is 4. The predicted octanol–water partition coefficient (Wildman–Crippen LogP) is 2.70. The smallest absolute Gasteiger partial charge is 0.401 e. The van der Waals surface area contributed by atoms with Crippen LogP contribution in [-0.2, 0) is 11.4 Å². The third kappa shape index (κ3) is 6.20. The Morgan fingerprint density at radius 1 is 1.25 bits per heavy atom. The van der Waals surface area contributed by atoms with Gasteiger partial charge in [-0.2, -0.15) is 13.2 Å². The lowest BCUT2D eigenvalue weighted by atomic mass is 9.91. The fourth-order valence-corrected chi connectivity index (χ4v) is 3.19. The second-order valence-corrected chi connectivity index (χ2v) is 8.51. The van der Waals surface area contributed by atoms with Crippen molar-refractivity contribution < 1.29 is 17.7 Å². The Kier molecular flexibility index (Phi) is 6.19. The Balaban J connectivity index is 2.38. The molecule has 0 bridgehead atoms. The molecule has 0 aromatic rings. The summed E-state index contributed by atoms with van der Waals surface area (Å²) < 4.78 is 51.7. The highest BCUT2D eigenvalue weighted by Crippen LogP contribution is 2.25. The molecule has 1 rings (SSSR count). The fraction of sp³-hybridized carbons (Fsp3) is 1.00. The van der Waals surface area contributed by atoms with Crippen molar-refractivity contribution in [2.45, 2.75) is 57.5 Å². The van der Waals surface area contributed by atoms with Crippen LogP contribution >= 0.6 is 0 Å². The lowest BCUT2D eigenvalue weighted by molar-refractivity contribution is -0.148. The second-order valence-electron chi connectivity index (χ2n) is 6.52. The number of likely N-dealkylation sites (tertiary alicyclic amines) is 1. The molecule has 20 heavy (non-hydrogen) atoms. The molecule has 0 amide bonds. The minimum Gasteiger partial charge on any atom is -0.598 e. The summed E-state index contributed by atoms with van der Waals surface area (Å²) in [5, 5.41) is 0. The van der Waals surface area contributed by atoms with E-state index in [1.165, 1.54) is 4.90 Å². The minimum atomic E-state index is -4.12. The highest BCUT2D eigenvalue weighted by molar-refractivity contribution is 7.90. The average Bonchev–Trinajstić information content (AvgIpc) is 2.26. The molecule has 0 radical (unpaired) electrons. The van der Waals surface area contributed by atoms with E-state index in [-0.39, 0.29) is 16.7 Å². The summed E-state index contributed by atoms with van der Waals surface area (Å²) in [7, 11) is 0. The van der Waals surface area contributed by atoms with E-state index in [9.17, 15) is 17.7 Å². The summed E-state index contributed by atoms with van der Waals surface area (Å²) in [6.07, 6.45) is -2.69. The van der Waals surface area contributed by atoms with Gasteiger partial charge in [-0.25, -0.2) is 0 Å². The van der Waals surface area contributed by atoms with Gasteiger partial charge in [0.15, 0.2) is 0 Å². The SMILES string of the molecule is CC(N[S@@+]([O-])C(C)(C)C)C1CCN(CC(F)(F)F)CC1. The maximum atomic E-state index is 12.3. The standard InChI is InChI=1S/C13H25F3N2OS/c1-10(17-20(19)12(2,3)4)11-5-7-18(8-6-11)9-13(14,15)16/h10-11,17H,5-9H2,1-4H3/t10?,20-/m0/s1. The van der Waals surface area contributed by atoms with E-state index in [0.717, 1.165) is 0 Å². The number of piperidine rings is 1. The van der Waals surface area contributed by atoms with Crippen molar-refractivity contribution in [3.05, 3.63) is 0 Å². The Hall–Kier alpha value is 0.0200. The number of halogens is 3. The van der Waals surface area contributed by atoms with Crippen molar-refractivity contribution in [2.24, 2.45) is 5.92 Å². The molecule has 3 nitrogen and oxygen atoms in total. The molecular weight excluding hydrogens is 289 g/mol. The maximum absolute atomic E-state index is 12.3. The van der Waals surface area contributed by atoms with Gasteiger partial charge in [0.1, 0.15) is 4.75 Å². The van der Waals surface area contributed by atoms with E-state index in [2.05, 4.69) is 4.72 Å². The van der Waals surface area contributed by atoms with Crippen molar-refractivity contribution >= 4 is 11.4 Å². The van der Waals surface area contributed by atoms with Gasteiger partial charge >= 0.3 is 6.18 Å². The second kappa shape index (κ2) is 6.85. The van der Waals surface area contributed by atoms with Crippen LogP contribution in [0.5, 0.6) is 0 Å². The summed E-state index contributed by atoms with van der Waals surface area (Å²) >= 11 is -1.14. The summed E-state index contributed by atoms with van der Waals surface area (Å²) in [5.41, 5.74) is 0. The first-order chi connectivity index (χ1) is 8.99. The Labute approximate surface area is 122 Å². The van der Waals surface area contributed by atoms with E-state index >= 15 is 0 Å². The average molecular weight is 314 g/mol. The number of alkyl halides is 3. The molecule has 0 aromatic carbocycles. The summed E-state index contributed by atoms with van der Waals surface area (Å²) in [6.45, 7) is 7.75. The zero-order valence-electron chi connectivity index (χ0n) is 12.6. The molecule has 1 aliphatic heterocycles. The van der Waals surface area contributed by atoms with Gasteiger partial charge in [-0.1, -0.05) is 0 Å². The molecule has 0 aliphatic carbocycles. The largest absolute Gasteiger partial charge is 0.598 e. The van der Waals surface area contributed by atoms with Crippen LogP contribution in [0.3, 0.4) is 0 Å². The van der Waals surface area contributed by atoms with Crippen LogP contribution in [0.4, 0.5) is 13.2 Å². The van der Waals surface area contributed by atoms with Gasteiger partial charge in [-0.05, 0) is 59.5 Å². The molecule has 1 N–H and O–H groups in total. The molecule has 1 unspecified atom stereocenters. The maximum Gasteiger partial charge on any atom is 0.401 e. The highest BCUT2D eigenvalue weighted by Gasteiger charge is 2.35. The number of hydrogen-bond donors (Lipinski definition) is 1. The minimum absolute atomic E-state index is 0.0584. The highest BCUT2D eigenvalue weighted by atomic mass is 32.2. The lowest BCUT2D eigenvalue weighted by Crippen LogP contribution is -2.49. The van der Waals surface area contributed by atoms with Gasteiger partial charge in [-0.15, -0.1) is 4.72 Å². The molecule has 0 spiro atoms. The van der Waals surface area contributed by atoms with Crippen molar-refractivity contribution in [3.63, 3.8) is 0 Å². The van der Waals surface area contributed by atoms with E-state index in [1.807, 2.05) is 27.7 Å².